The highest BCUT2D eigenvalue weighted by atomic mass is 32.2. The van der Waals surface area contributed by atoms with Gasteiger partial charge in [0.25, 0.3) is 0 Å². The third-order valence-electron chi connectivity index (χ3n) is 5.43. The first kappa shape index (κ1) is 13.9. The van der Waals surface area contributed by atoms with Crippen molar-refractivity contribution in [3.8, 4) is 0 Å². The van der Waals surface area contributed by atoms with E-state index in [0.29, 0.717) is 11.3 Å². The van der Waals surface area contributed by atoms with E-state index in [4.69, 9.17) is 0 Å². The molecular weight excluding hydrogens is 306 g/mol. The summed E-state index contributed by atoms with van der Waals surface area (Å²) < 4.78 is 0. The average molecular weight is 326 g/mol. The second-order valence-corrected chi connectivity index (χ2v) is 13.3. The van der Waals surface area contributed by atoms with Gasteiger partial charge in [0.05, 0.1) is 0 Å². The third kappa shape index (κ3) is 1.86. The van der Waals surface area contributed by atoms with Gasteiger partial charge in [-0.3, -0.25) is 9.59 Å². The lowest BCUT2D eigenvalue weighted by molar-refractivity contribution is -0.107. The topological polar surface area (TPSA) is 34.1 Å². The number of carbonyl (C=O) groups excluding carboxylic acids is 2. The Bertz CT molecular complexity index is 486. The van der Waals surface area contributed by atoms with E-state index in [2.05, 4.69) is 13.8 Å². The van der Waals surface area contributed by atoms with Crippen LogP contribution < -0.4 is 0 Å². The molecule has 0 radical (unpaired) electrons. The van der Waals surface area contributed by atoms with Crippen molar-refractivity contribution < 1.29 is 9.59 Å². The van der Waals surface area contributed by atoms with Crippen LogP contribution in [0.1, 0.15) is 46.0 Å². The minimum atomic E-state index is -0.353. The zero-order chi connectivity index (χ0) is 14.0. The van der Waals surface area contributed by atoms with Gasteiger partial charge in [0.2, 0.25) is 10.2 Å². The molecule has 6 atom stereocenters. The summed E-state index contributed by atoms with van der Waals surface area (Å²) in [5.41, 5.74) is 2.79. The van der Waals surface area contributed by atoms with Crippen molar-refractivity contribution in [1.29, 1.82) is 0 Å². The molecule has 0 N–H and O–H groups in total. The lowest BCUT2D eigenvalue weighted by atomic mass is 10.1. The van der Waals surface area contributed by atoms with Crippen LogP contribution in [0.2, 0.25) is 0 Å². The van der Waals surface area contributed by atoms with Gasteiger partial charge in [0.1, 0.15) is 0 Å². The first-order valence-corrected chi connectivity index (χ1v) is 11.4. The minimum absolute atomic E-state index is 0.136. The average Bonchev–Trinajstić information content (AvgIpc) is 2.97. The van der Waals surface area contributed by atoms with E-state index in [1.54, 1.807) is 0 Å². The molecule has 4 rings (SSSR count). The number of carbonyl (C=O) groups is 2. The second-order valence-electron chi connectivity index (χ2n) is 6.58. The predicted octanol–water partition coefficient (Wildman–Crippen LogP) is 4.47. The van der Waals surface area contributed by atoms with Gasteiger partial charge >= 0.3 is 0 Å². The van der Waals surface area contributed by atoms with Gasteiger partial charge in [-0.1, -0.05) is 29.7 Å². The Morgan fingerprint density at radius 1 is 0.850 bits per heavy atom. The van der Waals surface area contributed by atoms with Crippen molar-refractivity contribution in [2.24, 2.45) is 0 Å². The quantitative estimate of drug-likeness (QED) is 0.616. The Kier molecular flexibility index (Phi) is 3.41. The maximum Gasteiger partial charge on any atom is 0.228 e. The van der Waals surface area contributed by atoms with E-state index in [9.17, 15) is 9.59 Å². The fourth-order valence-corrected chi connectivity index (χ4v) is 13.9. The van der Waals surface area contributed by atoms with Gasteiger partial charge in [0, 0.05) is 10.6 Å². The standard InChI is InChI=1S/C15H20O2P2S/c1-8-3-5-10-7-11-6-4-9(2)19(11)13-12(18(8)10)14(16)20-15(13)17/h8-11H,3-7H2,1-2H3/t8-,9-,10+,11+,18?,19?/m1/s1. The summed E-state index contributed by atoms with van der Waals surface area (Å²) in [6, 6.07) is 0. The summed E-state index contributed by atoms with van der Waals surface area (Å²) in [5, 5.41) is 2.40. The summed E-state index contributed by atoms with van der Waals surface area (Å²) in [6.45, 7) is 4.63. The van der Waals surface area contributed by atoms with Crippen LogP contribution in [0.5, 0.6) is 0 Å². The van der Waals surface area contributed by atoms with Crippen LogP contribution in [-0.2, 0) is 9.59 Å². The molecule has 0 spiro atoms. The fraction of sp³-hybridized carbons (Fsp3) is 0.733. The van der Waals surface area contributed by atoms with Crippen LogP contribution in [0.25, 0.3) is 0 Å². The molecule has 4 aliphatic heterocycles. The Hall–Kier alpha value is 0.290. The highest BCUT2D eigenvalue weighted by Gasteiger charge is 2.52. The van der Waals surface area contributed by atoms with Crippen LogP contribution in [0, 0.1) is 0 Å². The molecule has 0 aromatic heterocycles. The number of fused-ring (bicyclic) bond motifs is 4. The van der Waals surface area contributed by atoms with Crippen molar-refractivity contribution in [2.45, 2.75) is 68.6 Å². The molecule has 2 saturated heterocycles. The smallest absolute Gasteiger partial charge is 0.228 e. The van der Waals surface area contributed by atoms with E-state index in [0.717, 1.165) is 33.7 Å². The van der Waals surface area contributed by atoms with Crippen molar-refractivity contribution in [3.63, 3.8) is 0 Å². The summed E-state index contributed by atoms with van der Waals surface area (Å²) in [4.78, 5) is 24.9. The first-order valence-electron chi connectivity index (χ1n) is 7.65. The van der Waals surface area contributed by atoms with Crippen LogP contribution in [0.4, 0.5) is 0 Å². The van der Waals surface area contributed by atoms with Gasteiger partial charge in [-0.2, -0.15) is 0 Å². The van der Waals surface area contributed by atoms with Crippen molar-refractivity contribution in [2.75, 3.05) is 0 Å². The Balaban J connectivity index is 1.89. The van der Waals surface area contributed by atoms with Gasteiger partial charge in [0.15, 0.2) is 0 Å². The Labute approximate surface area is 127 Å². The molecule has 0 aromatic rings. The molecule has 2 nitrogen and oxygen atoms in total. The predicted molar refractivity (Wildman–Crippen MR) is 88.1 cm³/mol. The zero-order valence-corrected chi connectivity index (χ0v) is 14.6. The molecule has 0 aliphatic carbocycles. The molecule has 0 amide bonds. The lowest BCUT2D eigenvalue weighted by Gasteiger charge is -2.24. The Morgan fingerprint density at radius 3 is 1.75 bits per heavy atom. The maximum absolute atomic E-state index is 12.5. The molecule has 4 heterocycles. The molecular formula is C15H20O2P2S. The maximum atomic E-state index is 12.5. The van der Waals surface area contributed by atoms with Crippen molar-refractivity contribution >= 4 is 37.8 Å². The molecule has 0 bridgehead atoms. The van der Waals surface area contributed by atoms with Crippen LogP contribution in [0.15, 0.2) is 10.6 Å². The summed E-state index contributed by atoms with van der Waals surface area (Å²) >= 11 is 1.02. The minimum Gasteiger partial charge on any atom is -0.281 e. The largest absolute Gasteiger partial charge is 0.281 e. The molecule has 2 fully saturated rings. The van der Waals surface area contributed by atoms with Gasteiger partial charge < -0.3 is 0 Å². The highest BCUT2D eigenvalue weighted by molar-refractivity contribution is 8.29. The van der Waals surface area contributed by atoms with Gasteiger partial charge in [-0.25, -0.2) is 0 Å². The van der Waals surface area contributed by atoms with E-state index < -0.39 is 0 Å². The number of rotatable bonds is 0. The molecule has 0 aromatic carbocycles. The molecule has 0 saturated carbocycles. The monoisotopic (exact) mass is 326 g/mol. The number of hydrogen-bond donors (Lipinski definition) is 0. The number of thioether (sulfide) groups is 1. The summed E-state index contributed by atoms with van der Waals surface area (Å²) in [7, 11) is -0.707. The molecule has 5 heteroatoms. The van der Waals surface area contributed by atoms with Gasteiger partial charge in [-0.05, 0) is 66.5 Å². The van der Waals surface area contributed by atoms with Crippen LogP contribution >= 0.6 is 27.6 Å². The van der Waals surface area contributed by atoms with Gasteiger partial charge in [-0.15, -0.1) is 0 Å². The fourth-order valence-electron chi connectivity index (χ4n) is 4.56. The zero-order valence-electron chi connectivity index (χ0n) is 12.0. The van der Waals surface area contributed by atoms with Crippen LogP contribution in [-0.4, -0.2) is 32.9 Å². The van der Waals surface area contributed by atoms with E-state index >= 15 is 0 Å². The van der Waals surface area contributed by atoms with E-state index in [1.165, 1.54) is 32.1 Å². The first-order chi connectivity index (χ1) is 9.58. The normalized spacial score (nSPS) is 47.3. The summed E-state index contributed by atoms with van der Waals surface area (Å²) in [6.07, 6.45) is 6.43. The molecule has 108 valence electrons. The van der Waals surface area contributed by atoms with Crippen molar-refractivity contribution in [1.82, 2.24) is 0 Å². The SMILES string of the molecule is C[C@@H]1CC[C@H]2C[C@@H]3CC[C@@H](C)P3C3=C(C(=O)SC3=O)P21. The number of hydrogen-bond acceptors (Lipinski definition) is 3. The lowest BCUT2D eigenvalue weighted by Crippen LogP contribution is -2.11. The van der Waals surface area contributed by atoms with E-state index in [1.807, 2.05) is 0 Å². The molecule has 4 aliphatic rings. The Morgan fingerprint density at radius 2 is 1.30 bits per heavy atom. The third-order valence-corrected chi connectivity index (χ3v) is 13.5. The molecule has 20 heavy (non-hydrogen) atoms. The van der Waals surface area contributed by atoms with Crippen LogP contribution in [0.3, 0.4) is 0 Å². The second kappa shape index (κ2) is 4.90. The van der Waals surface area contributed by atoms with Crippen molar-refractivity contribution in [3.05, 3.63) is 10.6 Å². The van der Waals surface area contributed by atoms with E-state index in [-0.39, 0.29) is 26.1 Å². The highest BCUT2D eigenvalue weighted by Crippen LogP contribution is 2.76. The molecule has 2 unspecified atom stereocenters. The summed E-state index contributed by atoms with van der Waals surface area (Å²) in [5.74, 6) is 0.